The first-order valence-electron chi connectivity index (χ1n) is 16.2. The zero-order chi connectivity index (χ0) is 30.2. The van der Waals surface area contributed by atoms with E-state index in [1.807, 2.05) is 33.6 Å². The molecule has 230 valence electrons. The molecule has 2 saturated carbocycles. The van der Waals surface area contributed by atoms with Crippen molar-refractivity contribution in [3.05, 3.63) is 77.9 Å². The van der Waals surface area contributed by atoms with Crippen molar-refractivity contribution in [1.29, 1.82) is 0 Å². The summed E-state index contributed by atoms with van der Waals surface area (Å²) in [6, 6.07) is 16.8. The molecule has 7 rings (SSSR count). The topological polar surface area (TPSA) is 98.3 Å². The normalized spacial score (nSPS) is 22.1. The maximum Gasteiger partial charge on any atom is 0.339 e. The van der Waals surface area contributed by atoms with Crippen LogP contribution in [0.1, 0.15) is 97.9 Å². The Morgan fingerprint density at radius 1 is 0.977 bits per heavy atom. The number of carbonyl (C=O) groups is 1. The van der Waals surface area contributed by atoms with E-state index < -0.39 is 5.97 Å². The van der Waals surface area contributed by atoms with Gasteiger partial charge in [-0.05, 0) is 100 Å². The van der Waals surface area contributed by atoms with Crippen LogP contribution in [0.15, 0.2) is 60.9 Å². The van der Waals surface area contributed by atoms with Gasteiger partial charge in [0.2, 0.25) is 0 Å². The molecule has 3 fully saturated rings. The van der Waals surface area contributed by atoms with Crippen LogP contribution in [0.5, 0.6) is 5.75 Å². The predicted octanol–water partition coefficient (Wildman–Crippen LogP) is 6.71. The van der Waals surface area contributed by atoms with Crippen molar-refractivity contribution in [2.75, 3.05) is 20.1 Å². The molecule has 2 aromatic heterocycles. The molecule has 2 aromatic carbocycles. The molecule has 0 radical (unpaired) electrons. The van der Waals surface area contributed by atoms with Crippen LogP contribution in [0, 0.1) is 5.92 Å². The van der Waals surface area contributed by atoms with E-state index in [4.69, 9.17) is 4.74 Å². The van der Waals surface area contributed by atoms with E-state index in [0.29, 0.717) is 12.0 Å². The SMILES string of the molecule is CC(Oc1cccc(-c2cccc(-n3ncc(C(=O)O)c3[C@@H]3C[C@H]3c3cn(C4CCN(C)CC4)nn3)c2)c1)C1CCCCC1. The minimum absolute atomic E-state index is 0.0212. The van der Waals surface area contributed by atoms with Gasteiger partial charge in [0.1, 0.15) is 11.3 Å². The first kappa shape index (κ1) is 28.8. The van der Waals surface area contributed by atoms with Gasteiger partial charge in [-0.25, -0.2) is 14.2 Å². The highest BCUT2D eigenvalue weighted by molar-refractivity contribution is 5.89. The molecule has 4 aromatic rings. The van der Waals surface area contributed by atoms with E-state index in [2.05, 4.69) is 64.7 Å². The number of aromatic nitrogens is 5. The zero-order valence-corrected chi connectivity index (χ0v) is 25.7. The lowest BCUT2D eigenvalue weighted by Crippen LogP contribution is -2.31. The zero-order valence-electron chi connectivity index (χ0n) is 25.7. The molecule has 0 amide bonds. The highest BCUT2D eigenvalue weighted by Crippen LogP contribution is 2.55. The number of benzene rings is 2. The van der Waals surface area contributed by atoms with Crippen LogP contribution in [-0.2, 0) is 0 Å². The number of nitrogens with zero attached hydrogens (tertiary/aromatic N) is 6. The third-order valence-electron chi connectivity index (χ3n) is 10.0. The highest BCUT2D eigenvalue weighted by atomic mass is 16.5. The van der Waals surface area contributed by atoms with Crippen molar-refractivity contribution in [3.63, 3.8) is 0 Å². The fraction of sp³-hybridized carbons (Fsp3) is 0.486. The average Bonchev–Trinajstić information content (AvgIpc) is 3.45. The standard InChI is InChI=1S/C35H42N6O3/c1-23(24-8-4-3-5-9-24)44-29-13-7-11-26(19-29)25-10-6-12-28(18-25)41-34(32(21-36-41)35(42)43)31-20-30(31)33-22-40(38-37-33)27-14-16-39(2)17-15-27/h6-7,10-13,18-19,21-24,27,30-31H,3-5,8-9,14-17,20H2,1-2H3,(H,42,43)/t23?,30-,31-/m1/s1. The molecule has 44 heavy (non-hydrogen) atoms. The second kappa shape index (κ2) is 12.2. The summed E-state index contributed by atoms with van der Waals surface area (Å²) in [6.45, 7) is 4.31. The predicted molar refractivity (Wildman–Crippen MR) is 169 cm³/mol. The number of carboxylic acid groups (broad SMARTS) is 1. The lowest BCUT2D eigenvalue weighted by atomic mass is 9.86. The molecule has 9 nitrogen and oxygen atoms in total. The monoisotopic (exact) mass is 594 g/mol. The third kappa shape index (κ3) is 5.89. The Morgan fingerprint density at radius 2 is 1.73 bits per heavy atom. The number of piperidine rings is 1. The largest absolute Gasteiger partial charge is 0.490 e. The van der Waals surface area contributed by atoms with Gasteiger partial charge in [-0.2, -0.15) is 5.10 Å². The van der Waals surface area contributed by atoms with Crippen molar-refractivity contribution in [3.8, 4) is 22.6 Å². The van der Waals surface area contributed by atoms with E-state index in [-0.39, 0.29) is 23.5 Å². The van der Waals surface area contributed by atoms with E-state index in [0.717, 1.165) is 66.3 Å². The van der Waals surface area contributed by atoms with Crippen LogP contribution in [0.25, 0.3) is 16.8 Å². The number of carboxylic acids is 1. The van der Waals surface area contributed by atoms with Crippen LogP contribution in [0.2, 0.25) is 0 Å². The van der Waals surface area contributed by atoms with Gasteiger partial charge in [-0.1, -0.05) is 48.7 Å². The lowest BCUT2D eigenvalue weighted by Gasteiger charge is -2.28. The molecule has 3 aliphatic rings. The first-order chi connectivity index (χ1) is 21.4. The summed E-state index contributed by atoms with van der Waals surface area (Å²) in [6.07, 6.45) is 13.1. The van der Waals surface area contributed by atoms with Gasteiger partial charge >= 0.3 is 5.97 Å². The molecule has 2 aliphatic carbocycles. The molecular formula is C35H42N6O3. The Kier molecular flexibility index (Phi) is 7.97. The van der Waals surface area contributed by atoms with Gasteiger partial charge in [-0.15, -0.1) is 5.10 Å². The molecule has 0 spiro atoms. The van der Waals surface area contributed by atoms with E-state index >= 15 is 0 Å². The molecule has 1 aliphatic heterocycles. The second-order valence-electron chi connectivity index (χ2n) is 13.1. The summed E-state index contributed by atoms with van der Waals surface area (Å²) in [5, 5.41) is 23.7. The van der Waals surface area contributed by atoms with Gasteiger partial charge < -0.3 is 14.7 Å². The number of rotatable bonds is 9. The maximum atomic E-state index is 12.3. The quantitative estimate of drug-likeness (QED) is 0.230. The minimum Gasteiger partial charge on any atom is -0.490 e. The highest BCUT2D eigenvalue weighted by Gasteiger charge is 2.46. The van der Waals surface area contributed by atoms with Gasteiger partial charge in [0.15, 0.2) is 0 Å². The summed E-state index contributed by atoms with van der Waals surface area (Å²) in [5.74, 6) is 0.690. The Balaban J connectivity index is 1.12. The number of aromatic carboxylic acids is 1. The number of hydrogen-bond acceptors (Lipinski definition) is 6. The minimum atomic E-state index is -0.958. The molecule has 0 bridgehead atoms. The fourth-order valence-corrected chi connectivity index (χ4v) is 7.29. The molecule has 1 unspecified atom stereocenters. The van der Waals surface area contributed by atoms with E-state index in [9.17, 15) is 9.90 Å². The molecule has 9 heteroatoms. The fourth-order valence-electron chi connectivity index (χ4n) is 7.29. The smallest absolute Gasteiger partial charge is 0.339 e. The van der Waals surface area contributed by atoms with Crippen LogP contribution in [0.3, 0.4) is 0 Å². The number of likely N-dealkylation sites (tertiary alicyclic amines) is 1. The second-order valence-corrected chi connectivity index (χ2v) is 13.1. The molecule has 3 atom stereocenters. The summed E-state index contributed by atoms with van der Waals surface area (Å²) < 4.78 is 10.2. The average molecular weight is 595 g/mol. The van der Waals surface area contributed by atoms with E-state index in [1.165, 1.54) is 38.3 Å². The Morgan fingerprint density at radius 3 is 2.50 bits per heavy atom. The van der Waals surface area contributed by atoms with Gasteiger partial charge in [0.05, 0.1) is 35.4 Å². The van der Waals surface area contributed by atoms with Crippen LogP contribution < -0.4 is 4.74 Å². The summed E-state index contributed by atoms with van der Waals surface area (Å²) in [7, 11) is 2.15. The molecular weight excluding hydrogens is 552 g/mol. The molecule has 1 N–H and O–H groups in total. The maximum absolute atomic E-state index is 12.3. The molecule has 1 saturated heterocycles. The van der Waals surface area contributed by atoms with Crippen LogP contribution in [0.4, 0.5) is 0 Å². The lowest BCUT2D eigenvalue weighted by molar-refractivity contribution is 0.0695. The Hall–Kier alpha value is -3.98. The van der Waals surface area contributed by atoms with Crippen molar-refractivity contribution in [2.45, 2.75) is 82.3 Å². The van der Waals surface area contributed by atoms with Gasteiger partial charge in [0.25, 0.3) is 0 Å². The van der Waals surface area contributed by atoms with Crippen molar-refractivity contribution in [1.82, 2.24) is 29.7 Å². The Bertz CT molecular complexity index is 1610. The number of hydrogen-bond donors (Lipinski definition) is 1. The van der Waals surface area contributed by atoms with Gasteiger partial charge in [-0.3, -0.25) is 0 Å². The third-order valence-corrected chi connectivity index (χ3v) is 10.0. The van der Waals surface area contributed by atoms with Crippen molar-refractivity contribution >= 4 is 5.97 Å². The van der Waals surface area contributed by atoms with Crippen LogP contribution >= 0.6 is 0 Å². The number of ether oxygens (including phenoxy) is 1. The van der Waals surface area contributed by atoms with Crippen LogP contribution in [-0.4, -0.2) is 67.0 Å². The Labute approximate surface area is 258 Å². The van der Waals surface area contributed by atoms with Crippen molar-refractivity contribution in [2.24, 2.45) is 5.92 Å². The van der Waals surface area contributed by atoms with Crippen molar-refractivity contribution < 1.29 is 14.6 Å². The molecule has 3 heterocycles. The van der Waals surface area contributed by atoms with Gasteiger partial charge in [0, 0.05) is 18.0 Å². The summed E-state index contributed by atoms with van der Waals surface area (Å²) >= 11 is 0. The van der Waals surface area contributed by atoms with E-state index in [1.54, 1.807) is 0 Å². The summed E-state index contributed by atoms with van der Waals surface area (Å²) in [4.78, 5) is 14.6. The first-order valence-corrected chi connectivity index (χ1v) is 16.2. The summed E-state index contributed by atoms with van der Waals surface area (Å²) in [5.41, 5.74) is 4.84.